The number of nitrogens with one attached hydrogen (secondary N) is 2. The van der Waals surface area contributed by atoms with Gasteiger partial charge >= 0.3 is 5.97 Å². The minimum absolute atomic E-state index is 0.112. The molecule has 0 radical (unpaired) electrons. The summed E-state index contributed by atoms with van der Waals surface area (Å²) < 4.78 is 12.3. The number of benzene rings is 1. The Morgan fingerprint density at radius 1 is 1.10 bits per heavy atom. The lowest BCUT2D eigenvalue weighted by atomic mass is 9.83. The van der Waals surface area contributed by atoms with Crippen LogP contribution < -0.4 is 25.0 Å². The van der Waals surface area contributed by atoms with E-state index in [4.69, 9.17) is 14.6 Å². The number of anilines is 4. The van der Waals surface area contributed by atoms with Gasteiger partial charge in [-0.1, -0.05) is 20.8 Å². The normalized spacial score (nSPS) is 15.4. The molecule has 1 aromatic carbocycles. The highest BCUT2D eigenvalue weighted by molar-refractivity contribution is 5.95. The maximum Gasteiger partial charge on any atom is 0.335 e. The van der Waals surface area contributed by atoms with Crippen LogP contribution in [0, 0.1) is 5.92 Å². The molecule has 4 aromatic rings. The van der Waals surface area contributed by atoms with Crippen molar-refractivity contribution in [3.05, 3.63) is 59.9 Å². The number of rotatable bonds is 8. The highest BCUT2D eigenvalue weighted by Crippen LogP contribution is 2.32. The average molecular weight is 574 g/mol. The number of amides is 1. The summed E-state index contributed by atoms with van der Waals surface area (Å²) in [4.78, 5) is 36.1. The van der Waals surface area contributed by atoms with Crippen LogP contribution in [0.1, 0.15) is 49.5 Å². The van der Waals surface area contributed by atoms with Gasteiger partial charge in [-0.3, -0.25) is 4.79 Å². The van der Waals surface area contributed by atoms with Crippen molar-refractivity contribution in [2.24, 2.45) is 5.92 Å². The monoisotopic (exact) mass is 573 g/mol. The molecule has 12 nitrogen and oxygen atoms in total. The predicted molar refractivity (Wildman–Crippen MR) is 159 cm³/mol. The van der Waals surface area contributed by atoms with Gasteiger partial charge in [-0.2, -0.15) is 4.98 Å². The lowest BCUT2D eigenvalue weighted by Gasteiger charge is -2.33. The number of imidazole rings is 1. The number of ether oxygens (including phenoxy) is 2. The fraction of sp³-hybridized carbons (Fsp3) is 0.367. The van der Waals surface area contributed by atoms with Crippen LogP contribution in [0.3, 0.4) is 0 Å². The van der Waals surface area contributed by atoms with Crippen molar-refractivity contribution in [2.45, 2.75) is 39.0 Å². The number of carboxylic acid groups (broad SMARTS) is 1. The van der Waals surface area contributed by atoms with Crippen LogP contribution in [0.25, 0.3) is 5.65 Å². The van der Waals surface area contributed by atoms with E-state index < -0.39 is 11.4 Å². The number of methoxy groups -OCH3 is 2. The molecule has 0 bridgehead atoms. The third-order valence-corrected chi connectivity index (χ3v) is 7.29. The molecule has 3 N–H and O–H groups in total. The number of nitrogens with zero attached hydrogens (tertiary/aromatic N) is 5. The number of aromatic nitrogens is 4. The molecule has 1 saturated heterocycles. The first-order chi connectivity index (χ1) is 20.1. The number of carboxylic acids is 1. The molecule has 0 spiro atoms. The van der Waals surface area contributed by atoms with Crippen LogP contribution in [0.2, 0.25) is 0 Å². The molecule has 1 atom stereocenters. The summed E-state index contributed by atoms with van der Waals surface area (Å²) in [7, 11) is 3.09. The molecular formula is C30H35N7O5. The molecule has 1 fully saturated rings. The standard InChI is InChI=1S/C30H35N7O5/c1-30(2,3)21-15-19(8-9-20(21)29(39)40)32-27(38)18-7-6-13-36(17-18)25-16-22(26-31-12-14-37(26)35-25)33-24-11-10-23(41-4)28(34-24)42-5/h8-12,14-16,18H,6-7,13,17H2,1-5H3,(H,32,38)(H,33,34)(H,39,40). The second-order valence-electron chi connectivity index (χ2n) is 11.2. The molecule has 3 aromatic heterocycles. The Kier molecular flexibility index (Phi) is 7.88. The fourth-order valence-corrected chi connectivity index (χ4v) is 5.16. The van der Waals surface area contributed by atoms with Gasteiger partial charge in [0.15, 0.2) is 17.2 Å². The molecule has 4 heterocycles. The van der Waals surface area contributed by atoms with E-state index in [1.54, 1.807) is 54.4 Å². The zero-order valence-electron chi connectivity index (χ0n) is 24.3. The molecule has 0 saturated carbocycles. The SMILES string of the molecule is COc1ccc(Nc2cc(N3CCCC(C(=O)Nc4ccc(C(=O)O)c(C(C)(C)C)c4)C3)nn3ccnc23)nc1OC. The van der Waals surface area contributed by atoms with Crippen molar-refractivity contribution in [2.75, 3.05) is 42.8 Å². The molecule has 5 rings (SSSR count). The lowest BCUT2D eigenvalue weighted by Crippen LogP contribution is -2.41. The smallest absolute Gasteiger partial charge is 0.335 e. The Labute approximate surface area is 243 Å². The molecule has 42 heavy (non-hydrogen) atoms. The second kappa shape index (κ2) is 11.6. The highest BCUT2D eigenvalue weighted by Gasteiger charge is 2.28. The number of carbonyl (C=O) groups excluding carboxylic acids is 1. The minimum Gasteiger partial charge on any atom is -0.491 e. The number of pyridine rings is 1. The third-order valence-electron chi connectivity index (χ3n) is 7.29. The van der Waals surface area contributed by atoms with E-state index >= 15 is 0 Å². The van der Waals surface area contributed by atoms with Gasteiger partial charge in [-0.15, -0.1) is 5.10 Å². The van der Waals surface area contributed by atoms with Gasteiger partial charge in [0.2, 0.25) is 5.91 Å². The number of aromatic carboxylic acids is 1. The summed E-state index contributed by atoms with van der Waals surface area (Å²) in [6, 6.07) is 10.4. The molecule has 1 aliphatic rings. The first-order valence-corrected chi connectivity index (χ1v) is 13.7. The molecule has 0 aliphatic carbocycles. The van der Waals surface area contributed by atoms with Gasteiger partial charge in [0.25, 0.3) is 5.88 Å². The largest absolute Gasteiger partial charge is 0.491 e. The summed E-state index contributed by atoms with van der Waals surface area (Å²) in [5.74, 6) is 0.747. The van der Waals surface area contributed by atoms with Crippen LogP contribution in [0.5, 0.6) is 11.6 Å². The van der Waals surface area contributed by atoms with Crippen molar-refractivity contribution in [3.8, 4) is 11.6 Å². The van der Waals surface area contributed by atoms with Gasteiger partial charge in [0, 0.05) is 37.2 Å². The van der Waals surface area contributed by atoms with Crippen molar-refractivity contribution in [3.63, 3.8) is 0 Å². The van der Waals surface area contributed by atoms with Crippen molar-refractivity contribution >= 4 is 40.5 Å². The molecule has 12 heteroatoms. The Bertz CT molecular complexity index is 1630. The van der Waals surface area contributed by atoms with E-state index in [1.165, 1.54) is 7.11 Å². The third kappa shape index (κ3) is 5.92. The Morgan fingerprint density at radius 2 is 1.90 bits per heavy atom. The Hall–Kier alpha value is -4.87. The van der Waals surface area contributed by atoms with E-state index in [0.717, 1.165) is 19.4 Å². The molecule has 1 amide bonds. The fourth-order valence-electron chi connectivity index (χ4n) is 5.16. The predicted octanol–water partition coefficient (Wildman–Crippen LogP) is 4.74. The van der Waals surface area contributed by atoms with Crippen molar-refractivity contribution in [1.29, 1.82) is 0 Å². The van der Waals surface area contributed by atoms with Gasteiger partial charge in [0.05, 0.1) is 31.4 Å². The maximum atomic E-state index is 13.4. The quantitative estimate of drug-likeness (QED) is 0.270. The topological polar surface area (TPSA) is 143 Å². The molecular weight excluding hydrogens is 538 g/mol. The lowest BCUT2D eigenvalue weighted by molar-refractivity contribution is -0.120. The summed E-state index contributed by atoms with van der Waals surface area (Å²) in [6.07, 6.45) is 4.99. The average Bonchev–Trinajstić information content (AvgIpc) is 3.46. The molecule has 1 aliphatic heterocycles. The van der Waals surface area contributed by atoms with Gasteiger partial charge in [-0.05, 0) is 54.2 Å². The summed E-state index contributed by atoms with van der Waals surface area (Å²) in [5.41, 5.74) is 2.41. The van der Waals surface area contributed by atoms with Crippen LogP contribution in [-0.2, 0) is 10.2 Å². The van der Waals surface area contributed by atoms with Crippen LogP contribution >= 0.6 is 0 Å². The maximum absolute atomic E-state index is 13.4. The number of fused-ring (bicyclic) bond motifs is 1. The van der Waals surface area contributed by atoms with Crippen LogP contribution in [0.4, 0.5) is 23.0 Å². The van der Waals surface area contributed by atoms with Crippen LogP contribution in [-0.4, -0.2) is 63.9 Å². The minimum atomic E-state index is -0.987. The highest BCUT2D eigenvalue weighted by atomic mass is 16.5. The summed E-state index contributed by atoms with van der Waals surface area (Å²) >= 11 is 0. The number of carbonyl (C=O) groups is 2. The second-order valence-corrected chi connectivity index (χ2v) is 11.2. The number of piperidine rings is 1. The van der Waals surface area contributed by atoms with E-state index in [0.29, 0.717) is 52.4 Å². The van der Waals surface area contributed by atoms with Crippen molar-refractivity contribution < 1.29 is 24.2 Å². The first-order valence-electron chi connectivity index (χ1n) is 13.7. The van der Waals surface area contributed by atoms with Crippen LogP contribution in [0.15, 0.2) is 48.8 Å². The molecule has 220 valence electrons. The van der Waals surface area contributed by atoms with Gasteiger partial charge < -0.3 is 30.1 Å². The molecule has 1 unspecified atom stereocenters. The zero-order valence-corrected chi connectivity index (χ0v) is 24.3. The Morgan fingerprint density at radius 3 is 2.62 bits per heavy atom. The summed E-state index contributed by atoms with van der Waals surface area (Å²) in [5, 5.41) is 20.7. The van der Waals surface area contributed by atoms with E-state index in [9.17, 15) is 14.7 Å². The van der Waals surface area contributed by atoms with Crippen molar-refractivity contribution in [1.82, 2.24) is 19.6 Å². The first kappa shape index (κ1) is 28.7. The number of hydrogen-bond donors (Lipinski definition) is 3. The van der Waals surface area contributed by atoms with Gasteiger partial charge in [-0.25, -0.2) is 14.3 Å². The number of hydrogen-bond acceptors (Lipinski definition) is 9. The summed E-state index contributed by atoms with van der Waals surface area (Å²) in [6.45, 7) is 7.08. The zero-order chi connectivity index (χ0) is 30.0. The van der Waals surface area contributed by atoms with E-state index in [2.05, 4.69) is 25.5 Å². The Balaban J connectivity index is 1.36. The van der Waals surface area contributed by atoms with E-state index in [-0.39, 0.29) is 17.4 Å². The van der Waals surface area contributed by atoms with Gasteiger partial charge in [0.1, 0.15) is 5.82 Å². The van der Waals surface area contributed by atoms with E-state index in [1.807, 2.05) is 26.8 Å².